The molecule has 2 aliphatic carbocycles. The predicted octanol–water partition coefficient (Wildman–Crippen LogP) is 5.70. The van der Waals surface area contributed by atoms with Crippen molar-refractivity contribution in [1.29, 1.82) is 0 Å². The Bertz CT molecular complexity index is 877. The number of hydrogen-bond acceptors (Lipinski definition) is 0. The third-order valence-corrected chi connectivity index (χ3v) is 10.2. The first-order valence-electron chi connectivity index (χ1n) is 10.5. The minimum Gasteiger partial charge on any atom is -0.0760 e. The molecule has 0 amide bonds. The molecule has 4 rings (SSSR count). The molecule has 0 atom stereocenters. The lowest BCUT2D eigenvalue weighted by atomic mass is 9.97. The fraction of sp³-hybridized carbons (Fsp3) is 0.385. The second-order valence-corrected chi connectivity index (χ2v) is 13.7. The highest BCUT2D eigenvalue weighted by atomic mass is 28.3. The van der Waals surface area contributed by atoms with Gasteiger partial charge in [-0.15, -0.1) is 0 Å². The molecular weight excluding hydrogens is 340 g/mol. The van der Waals surface area contributed by atoms with Gasteiger partial charge in [-0.05, 0) is 58.1 Å². The maximum atomic E-state index is 2.55. The van der Waals surface area contributed by atoms with E-state index in [-0.39, 0.29) is 0 Å². The average Bonchev–Trinajstić information content (AvgIpc) is 3.25. The highest BCUT2D eigenvalue weighted by molar-refractivity contribution is 7.01. The van der Waals surface area contributed by atoms with Crippen molar-refractivity contribution < 1.29 is 0 Å². The molecule has 0 radical (unpaired) electrons. The third kappa shape index (κ3) is 2.88. The number of fused-ring (bicyclic) bond motifs is 2. The van der Waals surface area contributed by atoms with Gasteiger partial charge in [0, 0.05) is 0 Å². The van der Waals surface area contributed by atoms with Gasteiger partial charge in [-0.25, -0.2) is 0 Å². The van der Waals surface area contributed by atoms with Crippen LogP contribution >= 0.6 is 0 Å². The predicted molar refractivity (Wildman–Crippen MR) is 123 cm³/mol. The molecule has 140 valence electrons. The molecule has 0 spiro atoms. The minimum absolute atomic E-state index is 0.602. The monoisotopic (exact) mass is 372 g/mol. The Morgan fingerprint density at radius 2 is 1.07 bits per heavy atom. The van der Waals surface area contributed by atoms with Crippen LogP contribution in [0.1, 0.15) is 49.9 Å². The van der Waals surface area contributed by atoms with E-state index in [1.807, 2.05) is 0 Å². The maximum Gasteiger partial charge on any atom is 0.113 e. The van der Waals surface area contributed by atoms with E-state index in [1.54, 1.807) is 32.6 Å². The van der Waals surface area contributed by atoms with Gasteiger partial charge in [-0.3, -0.25) is 0 Å². The first-order chi connectivity index (χ1) is 12.8. The van der Waals surface area contributed by atoms with Gasteiger partial charge in [0.1, 0.15) is 8.07 Å². The lowest BCUT2D eigenvalue weighted by molar-refractivity contribution is 0.857. The average molecular weight is 373 g/mol. The molecule has 0 N–H and O–H groups in total. The summed E-state index contributed by atoms with van der Waals surface area (Å²) in [6.45, 7) is 14.4. The van der Waals surface area contributed by atoms with Crippen molar-refractivity contribution in [2.24, 2.45) is 11.8 Å². The fourth-order valence-corrected chi connectivity index (χ4v) is 8.51. The van der Waals surface area contributed by atoms with E-state index in [4.69, 9.17) is 0 Å². The minimum atomic E-state index is -1.76. The van der Waals surface area contributed by atoms with Gasteiger partial charge < -0.3 is 0 Å². The van der Waals surface area contributed by atoms with Crippen LogP contribution < -0.4 is 10.4 Å². The number of hydrogen-bond donors (Lipinski definition) is 0. The van der Waals surface area contributed by atoms with Crippen LogP contribution in [-0.2, 0) is 12.8 Å². The van der Waals surface area contributed by atoms with E-state index in [0.29, 0.717) is 11.8 Å². The summed E-state index contributed by atoms with van der Waals surface area (Å²) in [6, 6.07) is 14.1. The summed E-state index contributed by atoms with van der Waals surface area (Å²) in [5.41, 5.74) is 9.31. The molecule has 1 heteroatoms. The van der Waals surface area contributed by atoms with Crippen LogP contribution in [0.4, 0.5) is 0 Å². The molecule has 0 aliphatic heterocycles. The van der Waals surface area contributed by atoms with Crippen molar-refractivity contribution in [3.05, 3.63) is 70.8 Å². The maximum absolute atomic E-state index is 2.55. The van der Waals surface area contributed by atoms with E-state index in [1.165, 1.54) is 11.1 Å². The van der Waals surface area contributed by atoms with Crippen LogP contribution in [-0.4, -0.2) is 8.07 Å². The van der Waals surface area contributed by atoms with E-state index in [9.17, 15) is 0 Å². The van der Waals surface area contributed by atoms with Crippen molar-refractivity contribution in [2.45, 2.75) is 53.6 Å². The van der Waals surface area contributed by atoms with Gasteiger partial charge in [-0.1, -0.05) is 99.7 Å². The van der Waals surface area contributed by atoms with Gasteiger partial charge >= 0.3 is 0 Å². The van der Waals surface area contributed by atoms with E-state index in [2.05, 4.69) is 89.3 Å². The zero-order valence-electron chi connectivity index (χ0n) is 17.7. The molecule has 0 heterocycles. The number of rotatable bonds is 4. The number of benzene rings is 2. The van der Waals surface area contributed by atoms with Crippen LogP contribution in [0.25, 0.3) is 11.1 Å². The van der Waals surface area contributed by atoms with Gasteiger partial charge in [0.15, 0.2) is 0 Å². The second-order valence-electron chi connectivity index (χ2n) is 9.32. The Morgan fingerprint density at radius 3 is 1.44 bits per heavy atom. The molecule has 27 heavy (non-hydrogen) atoms. The molecule has 0 saturated heterocycles. The summed E-state index contributed by atoms with van der Waals surface area (Å²) in [4.78, 5) is 0. The molecule has 0 bridgehead atoms. The molecule has 2 aromatic carbocycles. The highest BCUT2D eigenvalue weighted by Gasteiger charge is 2.34. The molecule has 2 aromatic rings. The smallest absolute Gasteiger partial charge is 0.0760 e. The standard InChI is InChI=1S/C26H32Si/c1-17(2)19-13-15-23-21(19)9-7-11-25(23)27(5,6)26-12-8-10-22-20(18(3)4)14-16-24(22)26/h7-14,17-18H,15-16H2,1-6H3. The molecule has 0 nitrogen and oxygen atoms in total. The molecule has 0 saturated carbocycles. The Balaban J connectivity index is 1.82. The Labute approximate surface area is 166 Å². The topological polar surface area (TPSA) is 0 Å². The van der Waals surface area contributed by atoms with Crippen molar-refractivity contribution in [2.75, 3.05) is 0 Å². The molecule has 0 unspecified atom stereocenters. The zero-order chi connectivity index (χ0) is 19.3. The van der Waals surface area contributed by atoms with Crippen LogP contribution in [0.3, 0.4) is 0 Å². The molecular formula is C26H32Si. The van der Waals surface area contributed by atoms with Crippen LogP contribution in [0.15, 0.2) is 48.6 Å². The highest BCUT2D eigenvalue weighted by Crippen LogP contribution is 2.35. The summed E-state index contributed by atoms with van der Waals surface area (Å²) in [5.74, 6) is 1.20. The summed E-state index contributed by atoms with van der Waals surface area (Å²) >= 11 is 0. The summed E-state index contributed by atoms with van der Waals surface area (Å²) < 4.78 is 0. The summed E-state index contributed by atoms with van der Waals surface area (Å²) in [6.07, 6.45) is 7.16. The summed E-state index contributed by atoms with van der Waals surface area (Å²) in [5, 5.41) is 3.27. The fourth-order valence-electron chi connectivity index (χ4n) is 5.21. The Kier molecular flexibility index (Phi) is 4.54. The molecule has 2 aliphatic rings. The first kappa shape index (κ1) is 18.5. The van der Waals surface area contributed by atoms with Gasteiger partial charge in [0.25, 0.3) is 0 Å². The van der Waals surface area contributed by atoms with E-state index >= 15 is 0 Å². The van der Waals surface area contributed by atoms with Crippen LogP contribution in [0, 0.1) is 11.8 Å². The Morgan fingerprint density at radius 1 is 0.667 bits per heavy atom. The van der Waals surface area contributed by atoms with E-state index < -0.39 is 8.07 Å². The van der Waals surface area contributed by atoms with Gasteiger partial charge in [0.2, 0.25) is 0 Å². The van der Waals surface area contributed by atoms with Crippen molar-refractivity contribution >= 4 is 29.6 Å². The summed E-state index contributed by atoms with van der Waals surface area (Å²) in [7, 11) is -1.76. The SMILES string of the molecule is CC(C)C1=CCc2c1cccc2[Si](C)(C)c1cccc2c1CC=C2C(C)C. The van der Waals surface area contributed by atoms with Crippen molar-refractivity contribution in [3.8, 4) is 0 Å². The lowest BCUT2D eigenvalue weighted by Gasteiger charge is -2.29. The quantitative estimate of drug-likeness (QED) is 0.604. The molecule has 0 fully saturated rings. The first-order valence-corrected chi connectivity index (χ1v) is 13.5. The second kappa shape index (κ2) is 6.63. The van der Waals surface area contributed by atoms with Crippen LogP contribution in [0.5, 0.6) is 0 Å². The normalized spacial score (nSPS) is 15.9. The van der Waals surface area contributed by atoms with Gasteiger partial charge in [0.05, 0.1) is 0 Å². The van der Waals surface area contributed by atoms with Crippen LogP contribution in [0.2, 0.25) is 13.1 Å². The molecule has 0 aromatic heterocycles. The van der Waals surface area contributed by atoms with E-state index in [0.717, 1.165) is 12.8 Å². The lowest BCUT2D eigenvalue weighted by Crippen LogP contribution is -2.55. The third-order valence-electron chi connectivity index (χ3n) is 6.62. The van der Waals surface area contributed by atoms with Gasteiger partial charge in [-0.2, -0.15) is 0 Å². The van der Waals surface area contributed by atoms with Crippen molar-refractivity contribution in [1.82, 2.24) is 0 Å². The van der Waals surface area contributed by atoms with Crippen molar-refractivity contribution in [3.63, 3.8) is 0 Å². The largest absolute Gasteiger partial charge is 0.113 e. The number of allylic oxidation sites excluding steroid dienone is 4. The zero-order valence-corrected chi connectivity index (χ0v) is 18.7. The Hall–Kier alpha value is -1.86.